The summed E-state index contributed by atoms with van der Waals surface area (Å²) in [5.74, 6) is -0.556. The number of piperidine rings is 1. The van der Waals surface area contributed by atoms with Crippen LogP contribution in [0.4, 0.5) is 0 Å². The average molecular weight is 618 g/mol. The summed E-state index contributed by atoms with van der Waals surface area (Å²) in [5.41, 5.74) is 0.574. The molecule has 2 amide bonds. The summed E-state index contributed by atoms with van der Waals surface area (Å²) in [6, 6.07) is 11.5. The van der Waals surface area contributed by atoms with Gasteiger partial charge in [0.2, 0.25) is 5.91 Å². The van der Waals surface area contributed by atoms with Gasteiger partial charge in [-0.2, -0.15) is 5.10 Å². The Morgan fingerprint density at radius 1 is 1.07 bits per heavy atom. The monoisotopic (exact) mass is 617 g/mol. The highest BCUT2D eigenvalue weighted by Gasteiger charge is 2.44. The van der Waals surface area contributed by atoms with E-state index in [1.165, 1.54) is 50.3 Å². The van der Waals surface area contributed by atoms with Gasteiger partial charge in [0.25, 0.3) is 5.91 Å². The van der Waals surface area contributed by atoms with Crippen LogP contribution < -0.4 is 10.7 Å². The molecule has 2 aromatic carbocycles. The zero-order valence-corrected chi connectivity index (χ0v) is 25.2. The third-order valence-corrected chi connectivity index (χ3v) is 9.63. The summed E-state index contributed by atoms with van der Waals surface area (Å²) < 4.78 is 7.64. The summed E-state index contributed by atoms with van der Waals surface area (Å²) in [5, 5.41) is 17.7. The van der Waals surface area contributed by atoms with Crippen LogP contribution in [-0.4, -0.2) is 55.7 Å². The fourth-order valence-electron chi connectivity index (χ4n) is 6.98. The predicted molar refractivity (Wildman–Crippen MR) is 165 cm³/mol. The Balaban J connectivity index is 1.22. The van der Waals surface area contributed by atoms with Gasteiger partial charge in [-0.3, -0.25) is 19.1 Å². The summed E-state index contributed by atoms with van der Waals surface area (Å²) >= 11 is 6.10. The number of carbonyl (C=O) groups is 2. The van der Waals surface area contributed by atoms with E-state index in [1.54, 1.807) is 24.8 Å². The van der Waals surface area contributed by atoms with Crippen molar-refractivity contribution in [2.75, 3.05) is 13.1 Å². The van der Waals surface area contributed by atoms with Crippen LogP contribution in [-0.2, 0) is 17.8 Å². The molecule has 6 rings (SSSR count). The standard InChI is InChI=1S/C33H36ClN5O5/c34-24-8-6-22(7-9-24)16-27(37-31(42)30-18-28(41)26-17-25(40)10-11-29(26)44-30)32(43)38-14-12-33(13-15-38,19-39-21-35-20-36-39)23-4-2-1-3-5-23/h6-11,17-18,20-21,23,27,40H,1-5,12-16,19H2,(H,37,42)/t27-/m1/s1. The van der Waals surface area contributed by atoms with E-state index in [0.29, 0.717) is 24.0 Å². The van der Waals surface area contributed by atoms with Crippen LogP contribution in [0.2, 0.25) is 5.02 Å². The lowest BCUT2D eigenvalue weighted by atomic mass is 9.63. The van der Waals surface area contributed by atoms with Gasteiger partial charge >= 0.3 is 0 Å². The maximum absolute atomic E-state index is 14.1. The molecule has 1 aliphatic heterocycles. The van der Waals surface area contributed by atoms with Crippen molar-refractivity contribution in [3.8, 4) is 5.75 Å². The van der Waals surface area contributed by atoms with Crippen LogP contribution in [0.5, 0.6) is 5.75 Å². The molecule has 0 radical (unpaired) electrons. The molecule has 2 fully saturated rings. The first-order chi connectivity index (χ1) is 21.3. The Hall–Kier alpha value is -4.18. The topological polar surface area (TPSA) is 131 Å². The van der Waals surface area contributed by atoms with Gasteiger partial charge in [0.05, 0.1) is 5.39 Å². The number of carbonyl (C=O) groups excluding carboxylic acids is 2. The number of amides is 2. The summed E-state index contributed by atoms with van der Waals surface area (Å²) in [7, 11) is 0. The van der Waals surface area contributed by atoms with E-state index in [0.717, 1.165) is 31.0 Å². The second kappa shape index (κ2) is 12.8. The van der Waals surface area contributed by atoms with Gasteiger partial charge in [0.1, 0.15) is 30.0 Å². The van der Waals surface area contributed by atoms with E-state index in [9.17, 15) is 19.5 Å². The van der Waals surface area contributed by atoms with E-state index in [4.69, 9.17) is 16.0 Å². The normalized spacial score (nSPS) is 17.8. The minimum atomic E-state index is -0.887. The molecular weight excluding hydrogens is 582 g/mol. The van der Waals surface area contributed by atoms with Crippen molar-refractivity contribution in [1.82, 2.24) is 25.0 Å². The Morgan fingerprint density at radius 2 is 1.82 bits per heavy atom. The van der Waals surface area contributed by atoms with Crippen LogP contribution in [0.25, 0.3) is 11.0 Å². The van der Waals surface area contributed by atoms with Crippen LogP contribution in [0.3, 0.4) is 0 Å². The molecule has 11 heteroatoms. The van der Waals surface area contributed by atoms with Crippen LogP contribution in [0.15, 0.2) is 70.4 Å². The lowest BCUT2D eigenvalue weighted by Gasteiger charge is -2.48. The van der Waals surface area contributed by atoms with Gasteiger partial charge in [0, 0.05) is 37.1 Å². The Labute approximate surface area is 260 Å². The lowest BCUT2D eigenvalue weighted by molar-refractivity contribution is -0.136. The van der Waals surface area contributed by atoms with Gasteiger partial charge in [-0.05, 0) is 72.9 Å². The highest BCUT2D eigenvalue weighted by atomic mass is 35.5. The summed E-state index contributed by atoms with van der Waals surface area (Å²) in [6.07, 6.45) is 11.4. The number of benzene rings is 2. The molecule has 1 atom stereocenters. The van der Waals surface area contributed by atoms with Crippen molar-refractivity contribution in [2.45, 2.75) is 64.0 Å². The van der Waals surface area contributed by atoms with E-state index in [-0.39, 0.29) is 40.2 Å². The van der Waals surface area contributed by atoms with Gasteiger partial charge < -0.3 is 19.7 Å². The summed E-state index contributed by atoms with van der Waals surface area (Å²) in [6.45, 7) is 1.93. The Kier molecular flexibility index (Phi) is 8.70. The molecule has 0 unspecified atom stereocenters. The molecule has 0 bridgehead atoms. The van der Waals surface area contributed by atoms with Crippen molar-refractivity contribution in [3.05, 3.63) is 87.8 Å². The fraction of sp³-hybridized carbons (Fsp3) is 0.424. The Bertz CT molecular complexity index is 1670. The van der Waals surface area contributed by atoms with Crippen molar-refractivity contribution < 1.29 is 19.1 Å². The van der Waals surface area contributed by atoms with Crippen LogP contribution in [0, 0.1) is 11.3 Å². The highest BCUT2D eigenvalue weighted by molar-refractivity contribution is 6.30. The number of nitrogens with zero attached hydrogens (tertiary/aromatic N) is 4. The van der Waals surface area contributed by atoms with Gasteiger partial charge in [-0.1, -0.05) is 43.0 Å². The van der Waals surface area contributed by atoms with Crippen LogP contribution in [0.1, 0.15) is 61.1 Å². The molecular formula is C33H36ClN5O5. The van der Waals surface area contributed by atoms with Gasteiger partial charge in [-0.15, -0.1) is 0 Å². The van der Waals surface area contributed by atoms with Gasteiger partial charge in [-0.25, -0.2) is 4.98 Å². The molecule has 44 heavy (non-hydrogen) atoms. The number of hydrogen-bond donors (Lipinski definition) is 2. The van der Waals surface area contributed by atoms with E-state index in [2.05, 4.69) is 15.4 Å². The number of phenols is 1. The number of halogens is 1. The molecule has 1 saturated carbocycles. The number of likely N-dealkylation sites (tertiary alicyclic amines) is 1. The SMILES string of the molecule is O=C(N[C@H](Cc1ccc(Cl)cc1)C(=O)N1CCC(Cn2cncn2)(C2CCCCC2)CC1)c1cc(=O)c2cc(O)ccc2o1. The molecule has 1 aliphatic carbocycles. The zero-order chi connectivity index (χ0) is 30.7. The highest BCUT2D eigenvalue weighted by Crippen LogP contribution is 2.47. The minimum absolute atomic E-state index is 0.0305. The predicted octanol–water partition coefficient (Wildman–Crippen LogP) is 4.97. The van der Waals surface area contributed by atoms with Crippen molar-refractivity contribution >= 4 is 34.4 Å². The lowest BCUT2D eigenvalue weighted by Crippen LogP contribution is -2.54. The Morgan fingerprint density at radius 3 is 2.52 bits per heavy atom. The zero-order valence-electron chi connectivity index (χ0n) is 24.5. The molecule has 1 saturated heterocycles. The fourth-order valence-corrected chi connectivity index (χ4v) is 7.11. The quantitative estimate of drug-likeness (QED) is 0.285. The number of hydrogen-bond acceptors (Lipinski definition) is 7. The first-order valence-corrected chi connectivity index (χ1v) is 15.6. The first kappa shape index (κ1) is 29.9. The molecule has 230 valence electrons. The van der Waals surface area contributed by atoms with E-state index in [1.807, 2.05) is 21.7 Å². The number of fused-ring (bicyclic) bond motifs is 1. The van der Waals surface area contributed by atoms with Crippen molar-refractivity contribution in [3.63, 3.8) is 0 Å². The average Bonchev–Trinajstić information content (AvgIpc) is 3.55. The molecule has 4 aromatic rings. The van der Waals surface area contributed by atoms with Crippen molar-refractivity contribution in [2.24, 2.45) is 11.3 Å². The molecule has 2 N–H and O–H groups in total. The molecule has 3 heterocycles. The third kappa shape index (κ3) is 6.50. The largest absolute Gasteiger partial charge is 0.508 e. The molecule has 2 aliphatic rings. The first-order valence-electron chi connectivity index (χ1n) is 15.2. The number of aromatic nitrogens is 3. The van der Waals surface area contributed by atoms with Crippen LogP contribution >= 0.6 is 11.6 Å². The van der Waals surface area contributed by atoms with Gasteiger partial charge in [0.15, 0.2) is 11.2 Å². The second-order valence-corrected chi connectivity index (χ2v) is 12.6. The number of nitrogens with one attached hydrogen (secondary N) is 1. The van der Waals surface area contributed by atoms with E-state index < -0.39 is 17.4 Å². The molecule has 0 spiro atoms. The molecule has 10 nitrogen and oxygen atoms in total. The van der Waals surface area contributed by atoms with E-state index >= 15 is 0 Å². The smallest absolute Gasteiger partial charge is 0.287 e. The number of rotatable bonds is 8. The third-order valence-electron chi connectivity index (χ3n) is 9.38. The maximum Gasteiger partial charge on any atom is 0.287 e. The summed E-state index contributed by atoms with van der Waals surface area (Å²) in [4.78, 5) is 46.2. The maximum atomic E-state index is 14.1. The minimum Gasteiger partial charge on any atom is -0.508 e. The molecule has 2 aromatic heterocycles. The second-order valence-electron chi connectivity index (χ2n) is 12.1. The number of phenolic OH excluding ortho intramolecular Hbond substituents is 1. The van der Waals surface area contributed by atoms with Crippen molar-refractivity contribution in [1.29, 1.82) is 0 Å². The number of aromatic hydroxyl groups is 1.